The second-order valence-corrected chi connectivity index (χ2v) is 3.66. The van der Waals surface area contributed by atoms with Crippen LogP contribution in [0.2, 0.25) is 0 Å². The highest BCUT2D eigenvalue weighted by molar-refractivity contribution is 5.75. The molecule has 16 heavy (non-hydrogen) atoms. The molecular weight excluding hydrogens is 214 g/mol. The summed E-state index contributed by atoms with van der Waals surface area (Å²) in [7, 11) is 0. The van der Waals surface area contributed by atoms with Crippen molar-refractivity contribution in [1.82, 2.24) is 0 Å². The van der Waals surface area contributed by atoms with Gasteiger partial charge in [-0.2, -0.15) is 0 Å². The van der Waals surface area contributed by atoms with Gasteiger partial charge in [-0.05, 0) is 19.8 Å². The Bertz CT molecular complexity index is 252. The molecule has 0 spiro atoms. The summed E-state index contributed by atoms with van der Waals surface area (Å²) in [6, 6.07) is 0. The fraction of sp³-hybridized carbons (Fsp3) is 0.800. The molecule has 0 aromatic rings. The number of carbonyl (C=O) groups is 2. The maximum atomic E-state index is 10.7. The van der Waals surface area contributed by atoms with Crippen molar-refractivity contribution >= 4 is 11.8 Å². The van der Waals surface area contributed by atoms with Crippen molar-refractivity contribution in [1.29, 1.82) is 0 Å². The van der Waals surface area contributed by atoms with Gasteiger partial charge in [-0.3, -0.25) is 4.79 Å². The minimum atomic E-state index is -1.09. The van der Waals surface area contributed by atoms with Crippen LogP contribution in [0.1, 0.15) is 51.9 Å². The summed E-state index contributed by atoms with van der Waals surface area (Å²) in [5.41, 5.74) is 0. The van der Waals surface area contributed by atoms with Gasteiger partial charge in [-0.25, -0.2) is 4.84 Å². The van der Waals surface area contributed by atoms with Crippen molar-refractivity contribution < 1.29 is 19.5 Å². The zero-order valence-electron chi connectivity index (χ0n) is 9.44. The first-order valence-electron chi connectivity index (χ1n) is 5.37. The lowest BCUT2D eigenvalue weighted by Gasteiger charge is -1.99. The lowest BCUT2D eigenvalue weighted by molar-refractivity contribution is -0.729. The van der Waals surface area contributed by atoms with Crippen molar-refractivity contribution in [2.45, 2.75) is 51.9 Å². The Morgan fingerprint density at radius 1 is 1.06 bits per heavy atom. The molecule has 0 aliphatic rings. The Balaban J connectivity index is 3.24. The van der Waals surface area contributed by atoms with Gasteiger partial charge >= 0.3 is 11.1 Å². The summed E-state index contributed by atoms with van der Waals surface area (Å²) in [4.78, 5) is 34.8. The molecule has 0 radical (unpaired) electrons. The Kier molecular flexibility index (Phi) is 8.01. The van der Waals surface area contributed by atoms with Crippen LogP contribution >= 0.6 is 0 Å². The van der Waals surface area contributed by atoms with Crippen LogP contribution in [0.15, 0.2) is 0 Å². The monoisotopic (exact) mass is 231 g/mol. The minimum absolute atomic E-state index is 0.0771. The first-order chi connectivity index (χ1) is 7.52. The molecule has 6 nitrogen and oxygen atoms in total. The van der Waals surface area contributed by atoms with E-state index in [2.05, 4.69) is 4.84 Å². The van der Waals surface area contributed by atoms with Crippen LogP contribution in [0.4, 0.5) is 0 Å². The third-order valence-corrected chi connectivity index (χ3v) is 2.09. The van der Waals surface area contributed by atoms with Crippen LogP contribution < -0.4 is 0 Å². The number of carbonyl (C=O) groups excluding carboxylic acids is 2. The van der Waals surface area contributed by atoms with Crippen molar-refractivity contribution in [3.05, 3.63) is 10.1 Å². The van der Waals surface area contributed by atoms with Gasteiger partial charge in [0.2, 0.25) is 0 Å². The topological polar surface area (TPSA) is 86.5 Å². The highest BCUT2D eigenvalue weighted by Gasteiger charge is 2.06. The number of unbranched alkanes of at least 4 members (excludes halogenated alkanes) is 4. The van der Waals surface area contributed by atoms with E-state index < -0.39 is 11.1 Å². The average Bonchev–Trinajstić information content (AvgIpc) is 2.14. The number of ketones is 1. The summed E-state index contributed by atoms with van der Waals surface area (Å²) in [6.07, 6.45) is 4.84. The molecule has 6 heteroatoms. The van der Waals surface area contributed by atoms with E-state index in [9.17, 15) is 19.7 Å². The quantitative estimate of drug-likeness (QED) is 0.344. The molecule has 0 N–H and O–H groups in total. The van der Waals surface area contributed by atoms with Gasteiger partial charge in [0.05, 0.1) is 0 Å². The minimum Gasteiger partial charge on any atom is -0.300 e. The average molecular weight is 231 g/mol. The van der Waals surface area contributed by atoms with Crippen LogP contribution in [0.25, 0.3) is 0 Å². The predicted octanol–water partition coefficient (Wildman–Crippen LogP) is 2.04. The van der Waals surface area contributed by atoms with Crippen LogP contribution in [0.3, 0.4) is 0 Å². The standard InChI is InChI=1S/C10H17NO5/c1-9(12)7-5-3-2-4-6-8-10(13)16-11(14)15/h2-8H2,1H3. The van der Waals surface area contributed by atoms with Gasteiger partial charge in [0.1, 0.15) is 5.78 Å². The van der Waals surface area contributed by atoms with Gasteiger partial charge < -0.3 is 4.79 Å². The summed E-state index contributed by atoms with van der Waals surface area (Å²) in [5.74, 6) is -0.608. The molecule has 0 heterocycles. The molecule has 0 saturated heterocycles. The van der Waals surface area contributed by atoms with E-state index in [1.54, 1.807) is 6.92 Å². The van der Waals surface area contributed by atoms with Crippen molar-refractivity contribution in [3.63, 3.8) is 0 Å². The van der Waals surface area contributed by atoms with Gasteiger partial charge in [-0.1, -0.05) is 19.3 Å². The molecule has 0 aromatic carbocycles. The molecule has 0 fully saturated rings. The van der Waals surface area contributed by atoms with E-state index in [0.717, 1.165) is 25.7 Å². The molecule has 0 aliphatic carbocycles. The second-order valence-electron chi connectivity index (χ2n) is 3.66. The van der Waals surface area contributed by atoms with E-state index >= 15 is 0 Å². The third kappa shape index (κ3) is 10.6. The van der Waals surface area contributed by atoms with E-state index in [-0.39, 0.29) is 12.2 Å². The Labute approximate surface area is 94.1 Å². The first kappa shape index (κ1) is 14.5. The molecule has 0 aromatic heterocycles. The Morgan fingerprint density at radius 2 is 1.56 bits per heavy atom. The Morgan fingerprint density at radius 3 is 2.06 bits per heavy atom. The SMILES string of the molecule is CC(=O)CCCCCCCC(=O)O[N+](=O)[O-]. The molecule has 0 atom stereocenters. The fourth-order valence-corrected chi connectivity index (χ4v) is 1.30. The first-order valence-corrected chi connectivity index (χ1v) is 5.37. The van der Waals surface area contributed by atoms with Gasteiger partial charge in [0, 0.05) is 12.8 Å². The van der Waals surface area contributed by atoms with Gasteiger partial charge in [0.25, 0.3) is 0 Å². The molecule has 0 unspecified atom stereocenters. The largest absolute Gasteiger partial charge is 0.303 e. The molecule has 0 amide bonds. The van der Waals surface area contributed by atoms with E-state index in [1.165, 1.54) is 0 Å². The van der Waals surface area contributed by atoms with Crippen LogP contribution in [0, 0.1) is 10.1 Å². The fourth-order valence-electron chi connectivity index (χ4n) is 1.30. The predicted molar refractivity (Wildman–Crippen MR) is 56.1 cm³/mol. The van der Waals surface area contributed by atoms with E-state index in [4.69, 9.17) is 0 Å². The molecule has 0 bridgehead atoms. The number of hydrogen-bond acceptors (Lipinski definition) is 5. The summed E-state index contributed by atoms with van der Waals surface area (Å²) in [6.45, 7) is 1.56. The van der Waals surface area contributed by atoms with Gasteiger partial charge in [0.15, 0.2) is 0 Å². The second kappa shape index (κ2) is 8.82. The highest BCUT2D eigenvalue weighted by Crippen LogP contribution is 2.07. The zero-order valence-corrected chi connectivity index (χ0v) is 9.44. The number of nitrogens with zero attached hydrogens (tertiary/aromatic N) is 1. The number of rotatable bonds is 9. The number of hydrogen-bond donors (Lipinski definition) is 0. The molecule has 92 valence electrons. The maximum Gasteiger partial charge on any atom is 0.303 e. The number of Topliss-reactive ketones (excluding diaryl/α,β-unsaturated/α-hetero) is 1. The van der Waals surface area contributed by atoms with Crippen LogP contribution in [-0.4, -0.2) is 16.8 Å². The van der Waals surface area contributed by atoms with Crippen molar-refractivity contribution in [2.75, 3.05) is 0 Å². The van der Waals surface area contributed by atoms with Gasteiger partial charge in [-0.15, -0.1) is 10.1 Å². The lowest BCUT2D eigenvalue weighted by atomic mass is 10.1. The Hall–Kier alpha value is -1.46. The smallest absolute Gasteiger partial charge is 0.300 e. The zero-order chi connectivity index (χ0) is 12.4. The lowest BCUT2D eigenvalue weighted by Crippen LogP contribution is -2.09. The normalized spacial score (nSPS) is 9.81. The van der Waals surface area contributed by atoms with E-state index in [1.807, 2.05) is 0 Å². The summed E-state index contributed by atoms with van der Waals surface area (Å²) < 4.78 is 0. The van der Waals surface area contributed by atoms with Crippen LogP contribution in [0.5, 0.6) is 0 Å². The molecule has 0 rings (SSSR count). The highest BCUT2D eigenvalue weighted by atomic mass is 17.0. The summed E-state index contributed by atoms with van der Waals surface area (Å²) >= 11 is 0. The van der Waals surface area contributed by atoms with E-state index in [0.29, 0.717) is 12.8 Å². The van der Waals surface area contributed by atoms with Crippen molar-refractivity contribution in [3.8, 4) is 0 Å². The van der Waals surface area contributed by atoms with Crippen LogP contribution in [-0.2, 0) is 14.4 Å². The molecule has 0 saturated carbocycles. The molecule has 0 aliphatic heterocycles. The molecular formula is C10H17NO5. The maximum absolute atomic E-state index is 10.7. The third-order valence-electron chi connectivity index (χ3n) is 2.09. The summed E-state index contributed by atoms with van der Waals surface area (Å²) in [5, 5.41) is 8.69. The van der Waals surface area contributed by atoms with Crippen molar-refractivity contribution in [2.24, 2.45) is 0 Å².